The average Bonchev–Trinajstić information content (AvgIpc) is 2.20. The Balaban J connectivity index is 3.05. The molecule has 0 bridgehead atoms. The fourth-order valence-corrected chi connectivity index (χ4v) is 2.43. The van der Waals surface area contributed by atoms with Gasteiger partial charge in [-0.15, -0.1) is 0 Å². The molecule has 0 spiro atoms. The fourth-order valence-electron chi connectivity index (χ4n) is 1.18. The number of hydrogen-bond acceptors (Lipinski definition) is 3. The van der Waals surface area contributed by atoms with Gasteiger partial charge in [0, 0.05) is 15.8 Å². The predicted octanol–water partition coefficient (Wildman–Crippen LogP) is 2.39. The molecule has 84 valence electrons. The molecule has 1 aromatic rings. The van der Waals surface area contributed by atoms with Crippen LogP contribution in [0.5, 0.6) is 5.75 Å². The van der Waals surface area contributed by atoms with Gasteiger partial charge < -0.3 is 4.74 Å². The fraction of sp³-hybridized carbons (Fsp3) is 0.400. The Bertz CT molecular complexity index is 440. The van der Waals surface area contributed by atoms with Crippen LogP contribution in [0.2, 0.25) is 0 Å². The Labute approximate surface area is 98.5 Å². The molecule has 1 rings (SSSR count). The van der Waals surface area contributed by atoms with E-state index in [1.54, 1.807) is 19.1 Å². The molecule has 3 nitrogen and oxygen atoms in total. The minimum Gasteiger partial charge on any atom is -0.496 e. The van der Waals surface area contributed by atoms with Gasteiger partial charge in [0.1, 0.15) is 5.75 Å². The van der Waals surface area contributed by atoms with Crippen LogP contribution in [-0.2, 0) is 15.6 Å². The van der Waals surface area contributed by atoms with E-state index in [9.17, 15) is 8.42 Å². The van der Waals surface area contributed by atoms with Gasteiger partial charge in [0.2, 0.25) is 0 Å². The highest BCUT2D eigenvalue weighted by atomic mass is 79.9. The summed E-state index contributed by atoms with van der Waals surface area (Å²) in [6, 6.07) is 5.33. The molecule has 0 aliphatic heterocycles. The van der Waals surface area contributed by atoms with Gasteiger partial charge >= 0.3 is 0 Å². The second kappa shape index (κ2) is 4.99. The van der Waals surface area contributed by atoms with Gasteiger partial charge in [-0.2, -0.15) is 0 Å². The van der Waals surface area contributed by atoms with Crippen molar-refractivity contribution in [3.63, 3.8) is 0 Å². The van der Waals surface area contributed by atoms with E-state index in [2.05, 4.69) is 15.9 Å². The van der Waals surface area contributed by atoms with Crippen molar-refractivity contribution in [3.05, 3.63) is 28.2 Å². The van der Waals surface area contributed by atoms with Crippen molar-refractivity contribution in [2.75, 3.05) is 12.9 Å². The third-order valence-corrected chi connectivity index (χ3v) is 4.19. The van der Waals surface area contributed by atoms with E-state index < -0.39 is 9.84 Å². The first kappa shape index (κ1) is 12.5. The first-order valence-electron chi connectivity index (χ1n) is 4.51. The van der Waals surface area contributed by atoms with Crippen molar-refractivity contribution in [1.29, 1.82) is 0 Å². The van der Waals surface area contributed by atoms with Crippen molar-refractivity contribution < 1.29 is 13.2 Å². The van der Waals surface area contributed by atoms with Crippen LogP contribution >= 0.6 is 15.9 Å². The smallest absolute Gasteiger partial charge is 0.154 e. The molecular formula is C10H13BrO3S. The monoisotopic (exact) mass is 292 g/mol. The molecule has 0 unspecified atom stereocenters. The molecule has 0 saturated heterocycles. The van der Waals surface area contributed by atoms with E-state index in [0.29, 0.717) is 11.3 Å². The summed E-state index contributed by atoms with van der Waals surface area (Å²) in [5.74, 6) is 0.771. The van der Waals surface area contributed by atoms with E-state index in [4.69, 9.17) is 4.74 Å². The SMILES string of the molecule is CCS(=O)(=O)Cc1ccc(Br)cc1OC. The summed E-state index contributed by atoms with van der Waals surface area (Å²) in [5, 5.41) is 0. The van der Waals surface area contributed by atoms with Crippen molar-refractivity contribution in [1.82, 2.24) is 0 Å². The lowest BCUT2D eigenvalue weighted by Crippen LogP contribution is -2.07. The molecule has 0 radical (unpaired) electrons. The molecule has 0 fully saturated rings. The number of ether oxygens (including phenoxy) is 1. The Kier molecular flexibility index (Phi) is 4.16. The summed E-state index contributed by atoms with van der Waals surface area (Å²) in [5.41, 5.74) is 0.697. The third kappa shape index (κ3) is 3.50. The van der Waals surface area contributed by atoms with Crippen LogP contribution in [0.15, 0.2) is 22.7 Å². The molecular weight excluding hydrogens is 280 g/mol. The minimum absolute atomic E-state index is 0.0277. The van der Waals surface area contributed by atoms with Crippen molar-refractivity contribution in [2.45, 2.75) is 12.7 Å². The number of methoxy groups -OCH3 is 1. The second-order valence-electron chi connectivity index (χ2n) is 3.13. The highest BCUT2D eigenvalue weighted by Crippen LogP contribution is 2.25. The molecule has 15 heavy (non-hydrogen) atoms. The highest BCUT2D eigenvalue weighted by molar-refractivity contribution is 9.10. The molecule has 0 aliphatic carbocycles. The maximum Gasteiger partial charge on any atom is 0.154 e. The Hall–Kier alpha value is -0.550. The Morgan fingerprint density at radius 1 is 1.40 bits per heavy atom. The van der Waals surface area contributed by atoms with Gasteiger partial charge in [0.25, 0.3) is 0 Å². The summed E-state index contributed by atoms with van der Waals surface area (Å²) in [4.78, 5) is 0. The predicted molar refractivity (Wildman–Crippen MR) is 63.9 cm³/mol. The van der Waals surface area contributed by atoms with Crippen LogP contribution in [0.4, 0.5) is 0 Å². The zero-order valence-electron chi connectivity index (χ0n) is 8.66. The largest absolute Gasteiger partial charge is 0.496 e. The van der Waals surface area contributed by atoms with Gasteiger partial charge in [0.15, 0.2) is 9.84 Å². The molecule has 0 atom stereocenters. The topological polar surface area (TPSA) is 43.4 Å². The maximum absolute atomic E-state index is 11.5. The Morgan fingerprint density at radius 2 is 2.07 bits per heavy atom. The summed E-state index contributed by atoms with van der Waals surface area (Å²) in [6.45, 7) is 1.64. The zero-order chi connectivity index (χ0) is 11.5. The van der Waals surface area contributed by atoms with E-state index >= 15 is 0 Å². The van der Waals surface area contributed by atoms with Crippen molar-refractivity contribution in [3.8, 4) is 5.75 Å². The summed E-state index contributed by atoms with van der Waals surface area (Å²) in [6.07, 6.45) is 0. The average molecular weight is 293 g/mol. The molecule has 0 heterocycles. The van der Waals surface area contributed by atoms with E-state index in [-0.39, 0.29) is 11.5 Å². The van der Waals surface area contributed by atoms with Crippen LogP contribution in [0, 0.1) is 0 Å². The normalized spacial score (nSPS) is 11.4. The molecule has 0 saturated carbocycles. The molecule has 5 heteroatoms. The van der Waals surface area contributed by atoms with Crippen molar-refractivity contribution in [2.24, 2.45) is 0 Å². The van der Waals surface area contributed by atoms with Crippen LogP contribution < -0.4 is 4.74 Å². The van der Waals surface area contributed by atoms with Gasteiger partial charge in [-0.3, -0.25) is 0 Å². The van der Waals surface area contributed by atoms with Gasteiger partial charge in [-0.1, -0.05) is 28.9 Å². The molecule has 0 aromatic heterocycles. The van der Waals surface area contributed by atoms with Gasteiger partial charge in [-0.05, 0) is 12.1 Å². The highest BCUT2D eigenvalue weighted by Gasteiger charge is 2.12. The van der Waals surface area contributed by atoms with Crippen LogP contribution in [0.3, 0.4) is 0 Å². The lowest BCUT2D eigenvalue weighted by Gasteiger charge is -2.08. The number of hydrogen-bond donors (Lipinski definition) is 0. The lowest BCUT2D eigenvalue weighted by atomic mass is 10.2. The lowest BCUT2D eigenvalue weighted by molar-refractivity contribution is 0.410. The molecule has 1 aromatic carbocycles. The van der Waals surface area contributed by atoms with Crippen LogP contribution in [-0.4, -0.2) is 21.3 Å². The quantitative estimate of drug-likeness (QED) is 0.856. The summed E-state index contributed by atoms with van der Waals surface area (Å²) < 4.78 is 28.9. The van der Waals surface area contributed by atoms with E-state index in [1.165, 1.54) is 7.11 Å². The Morgan fingerprint density at radius 3 is 2.60 bits per heavy atom. The third-order valence-electron chi connectivity index (χ3n) is 2.06. The number of sulfone groups is 1. The standard InChI is InChI=1S/C10H13BrO3S/c1-3-15(12,13)7-8-4-5-9(11)6-10(8)14-2/h4-6H,3,7H2,1-2H3. The van der Waals surface area contributed by atoms with Crippen molar-refractivity contribution >= 4 is 25.8 Å². The number of rotatable bonds is 4. The first-order valence-corrected chi connectivity index (χ1v) is 7.13. The van der Waals surface area contributed by atoms with Gasteiger partial charge in [0.05, 0.1) is 12.9 Å². The minimum atomic E-state index is -3.01. The molecule has 0 N–H and O–H groups in total. The summed E-state index contributed by atoms with van der Waals surface area (Å²) >= 11 is 3.30. The number of halogens is 1. The molecule has 0 amide bonds. The van der Waals surface area contributed by atoms with E-state index in [1.807, 2.05) is 6.07 Å². The van der Waals surface area contributed by atoms with Crippen LogP contribution in [0.25, 0.3) is 0 Å². The first-order chi connectivity index (χ1) is 6.98. The maximum atomic E-state index is 11.5. The number of benzene rings is 1. The van der Waals surface area contributed by atoms with Crippen LogP contribution in [0.1, 0.15) is 12.5 Å². The zero-order valence-corrected chi connectivity index (χ0v) is 11.1. The second-order valence-corrected chi connectivity index (χ2v) is 6.40. The summed E-state index contributed by atoms with van der Waals surface area (Å²) in [7, 11) is -1.48. The molecule has 0 aliphatic rings. The van der Waals surface area contributed by atoms with Gasteiger partial charge in [-0.25, -0.2) is 8.42 Å². The van der Waals surface area contributed by atoms with E-state index in [0.717, 1.165) is 4.47 Å².